The zero-order valence-corrected chi connectivity index (χ0v) is 20.5. The van der Waals surface area contributed by atoms with Crippen molar-refractivity contribution in [2.24, 2.45) is 0 Å². The summed E-state index contributed by atoms with van der Waals surface area (Å²) in [7, 11) is 5.37. The maximum absolute atomic E-state index is 13.7. The van der Waals surface area contributed by atoms with Gasteiger partial charge in [0.1, 0.15) is 17.1 Å². The number of aromatic nitrogens is 3. The summed E-state index contributed by atoms with van der Waals surface area (Å²) in [5.41, 5.74) is 1.94. The van der Waals surface area contributed by atoms with Crippen LogP contribution < -0.4 is 15.0 Å². The standard InChI is InChI=1S/C24H31N5O3S/c1-27-8-10-28(11-9-27)6-5-7-29-22-18(16-25-24(26-22)33-4)14-21(23(29)30)17-12-19(31-2)15-20(13-17)32-3/h12-16H,5-11H2,1-4H3. The number of thioether (sulfide) groups is 1. The number of methoxy groups -OCH3 is 2. The molecule has 0 radical (unpaired) electrons. The molecule has 1 aliphatic rings. The minimum atomic E-state index is -0.0677. The summed E-state index contributed by atoms with van der Waals surface area (Å²) < 4.78 is 12.6. The van der Waals surface area contributed by atoms with Gasteiger partial charge in [-0.25, -0.2) is 9.97 Å². The van der Waals surface area contributed by atoms with E-state index in [9.17, 15) is 4.79 Å². The Bertz CT molecular complexity index is 1150. The average molecular weight is 470 g/mol. The Morgan fingerprint density at radius 1 is 1.00 bits per heavy atom. The third-order valence-corrected chi connectivity index (χ3v) is 6.66. The van der Waals surface area contributed by atoms with Gasteiger partial charge < -0.3 is 19.3 Å². The highest BCUT2D eigenvalue weighted by molar-refractivity contribution is 7.98. The van der Waals surface area contributed by atoms with E-state index in [-0.39, 0.29) is 5.56 Å². The fourth-order valence-electron chi connectivity index (χ4n) is 4.14. The van der Waals surface area contributed by atoms with Crippen LogP contribution in [0.3, 0.4) is 0 Å². The minimum absolute atomic E-state index is 0.0677. The zero-order chi connectivity index (χ0) is 23.4. The van der Waals surface area contributed by atoms with Gasteiger partial charge in [-0.1, -0.05) is 11.8 Å². The first-order valence-electron chi connectivity index (χ1n) is 11.1. The van der Waals surface area contributed by atoms with Gasteiger partial charge in [0.2, 0.25) is 0 Å². The second-order valence-corrected chi connectivity index (χ2v) is 9.02. The molecule has 3 aromatic rings. The lowest BCUT2D eigenvalue weighted by molar-refractivity contribution is 0.151. The van der Waals surface area contributed by atoms with Gasteiger partial charge in [0.25, 0.3) is 5.56 Å². The Morgan fingerprint density at radius 2 is 1.70 bits per heavy atom. The van der Waals surface area contributed by atoms with E-state index in [1.807, 2.05) is 24.5 Å². The lowest BCUT2D eigenvalue weighted by atomic mass is 10.0. The number of piperazine rings is 1. The van der Waals surface area contributed by atoms with Crippen molar-refractivity contribution >= 4 is 22.8 Å². The number of nitrogens with zero attached hydrogens (tertiary/aromatic N) is 5. The normalized spacial score (nSPS) is 15.2. The van der Waals surface area contributed by atoms with E-state index in [1.54, 1.807) is 31.0 Å². The van der Waals surface area contributed by atoms with Crippen LogP contribution in [-0.4, -0.2) is 84.6 Å². The lowest BCUT2D eigenvalue weighted by Gasteiger charge is -2.32. The molecule has 1 saturated heterocycles. The smallest absolute Gasteiger partial charge is 0.260 e. The summed E-state index contributed by atoms with van der Waals surface area (Å²) in [4.78, 5) is 27.6. The van der Waals surface area contributed by atoms with Crippen LogP contribution in [0.2, 0.25) is 0 Å². The maximum atomic E-state index is 13.7. The molecule has 0 saturated carbocycles. The summed E-state index contributed by atoms with van der Waals surface area (Å²) in [6, 6.07) is 7.38. The molecule has 33 heavy (non-hydrogen) atoms. The fraction of sp³-hybridized carbons (Fsp3) is 0.458. The number of ether oxygens (including phenoxy) is 2. The van der Waals surface area contributed by atoms with E-state index >= 15 is 0 Å². The summed E-state index contributed by atoms with van der Waals surface area (Å²) in [6.45, 7) is 5.85. The van der Waals surface area contributed by atoms with Crippen molar-refractivity contribution in [1.82, 2.24) is 24.3 Å². The molecule has 3 heterocycles. The molecule has 176 valence electrons. The van der Waals surface area contributed by atoms with E-state index < -0.39 is 0 Å². The highest BCUT2D eigenvalue weighted by Crippen LogP contribution is 2.29. The molecular formula is C24H31N5O3S. The van der Waals surface area contributed by atoms with Crippen molar-refractivity contribution in [2.75, 3.05) is 60.2 Å². The van der Waals surface area contributed by atoms with Crippen LogP contribution >= 0.6 is 11.8 Å². The molecule has 0 aliphatic carbocycles. The predicted octanol–water partition coefficient (Wildman–Crippen LogP) is 2.84. The van der Waals surface area contributed by atoms with Crippen molar-refractivity contribution in [2.45, 2.75) is 18.1 Å². The zero-order valence-electron chi connectivity index (χ0n) is 19.7. The topological polar surface area (TPSA) is 72.7 Å². The van der Waals surface area contributed by atoms with Crippen molar-refractivity contribution in [3.8, 4) is 22.6 Å². The van der Waals surface area contributed by atoms with E-state index in [1.165, 1.54) is 11.8 Å². The summed E-state index contributed by atoms with van der Waals surface area (Å²) in [5, 5.41) is 1.49. The van der Waals surface area contributed by atoms with Crippen LogP contribution in [0.15, 0.2) is 40.4 Å². The largest absolute Gasteiger partial charge is 0.497 e. The first kappa shape index (κ1) is 23.5. The van der Waals surface area contributed by atoms with Crippen molar-refractivity contribution in [1.29, 1.82) is 0 Å². The Kier molecular flexibility index (Phi) is 7.52. The quantitative estimate of drug-likeness (QED) is 0.368. The first-order chi connectivity index (χ1) is 16.0. The van der Waals surface area contributed by atoms with Gasteiger partial charge in [0.15, 0.2) is 5.16 Å². The second-order valence-electron chi connectivity index (χ2n) is 8.25. The number of benzene rings is 1. The molecule has 0 atom stereocenters. The van der Waals surface area contributed by atoms with Crippen molar-refractivity contribution < 1.29 is 9.47 Å². The molecule has 0 spiro atoms. The molecule has 8 nitrogen and oxygen atoms in total. The second kappa shape index (κ2) is 10.5. The monoisotopic (exact) mass is 469 g/mol. The first-order valence-corrected chi connectivity index (χ1v) is 12.3. The SMILES string of the molecule is COc1cc(OC)cc(-c2cc3cnc(SC)nc3n(CCCN3CCN(C)CC3)c2=O)c1. The summed E-state index contributed by atoms with van der Waals surface area (Å²) in [6.07, 6.45) is 4.61. The molecule has 0 amide bonds. The molecule has 9 heteroatoms. The average Bonchev–Trinajstić information content (AvgIpc) is 2.85. The number of likely N-dealkylation sites (N-methyl/N-ethyl adjacent to an activating group) is 1. The number of aryl methyl sites for hydroxylation is 1. The summed E-state index contributed by atoms with van der Waals surface area (Å²) >= 11 is 1.47. The molecule has 0 bridgehead atoms. The molecule has 1 fully saturated rings. The number of pyridine rings is 1. The highest BCUT2D eigenvalue weighted by Gasteiger charge is 2.17. The van der Waals surface area contributed by atoms with Gasteiger partial charge in [-0.3, -0.25) is 9.36 Å². The van der Waals surface area contributed by atoms with Gasteiger partial charge in [0.05, 0.1) is 14.2 Å². The Morgan fingerprint density at radius 3 is 2.33 bits per heavy atom. The highest BCUT2D eigenvalue weighted by atomic mass is 32.2. The Hall–Kier alpha value is -2.62. The van der Waals surface area contributed by atoms with Crippen LogP contribution in [0.1, 0.15) is 6.42 Å². The molecule has 1 aromatic carbocycles. The van der Waals surface area contributed by atoms with Crippen LogP contribution in [0.25, 0.3) is 22.2 Å². The molecular weight excluding hydrogens is 438 g/mol. The van der Waals surface area contributed by atoms with Gasteiger partial charge in [-0.15, -0.1) is 0 Å². The Labute approximate surface area is 198 Å². The molecule has 2 aromatic heterocycles. The number of hydrogen-bond donors (Lipinski definition) is 0. The number of rotatable bonds is 8. The van der Waals surface area contributed by atoms with Crippen molar-refractivity contribution in [3.05, 3.63) is 40.8 Å². The van der Waals surface area contributed by atoms with E-state index in [0.717, 1.165) is 50.1 Å². The van der Waals surface area contributed by atoms with E-state index in [0.29, 0.717) is 34.4 Å². The van der Waals surface area contributed by atoms with Crippen LogP contribution in [0.4, 0.5) is 0 Å². The molecule has 0 N–H and O–H groups in total. The van der Waals surface area contributed by atoms with Crippen LogP contribution in [0, 0.1) is 0 Å². The Balaban J connectivity index is 1.72. The van der Waals surface area contributed by atoms with E-state index in [2.05, 4.69) is 26.8 Å². The van der Waals surface area contributed by atoms with Gasteiger partial charge in [-0.2, -0.15) is 0 Å². The van der Waals surface area contributed by atoms with Gasteiger partial charge >= 0.3 is 0 Å². The van der Waals surface area contributed by atoms with Crippen LogP contribution in [0.5, 0.6) is 11.5 Å². The third kappa shape index (κ3) is 5.31. The molecule has 4 rings (SSSR count). The van der Waals surface area contributed by atoms with Gasteiger partial charge in [-0.05, 0) is 50.0 Å². The number of hydrogen-bond acceptors (Lipinski definition) is 8. The predicted molar refractivity (Wildman–Crippen MR) is 133 cm³/mol. The number of fused-ring (bicyclic) bond motifs is 1. The third-order valence-electron chi connectivity index (χ3n) is 6.10. The molecule has 0 unspecified atom stereocenters. The fourth-order valence-corrected chi connectivity index (χ4v) is 4.48. The molecule has 1 aliphatic heterocycles. The summed E-state index contributed by atoms with van der Waals surface area (Å²) in [5.74, 6) is 1.28. The van der Waals surface area contributed by atoms with Gasteiger partial charge in [0, 0.05) is 55.9 Å². The minimum Gasteiger partial charge on any atom is -0.497 e. The van der Waals surface area contributed by atoms with E-state index in [4.69, 9.17) is 9.47 Å². The van der Waals surface area contributed by atoms with Crippen molar-refractivity contribution in [3.63, 3.8) is 0 Å². The lowest BCUT2D eigenvalue weighted by Crippen LogP contribution is -2.44. The van der Waals surface area contributed by atoms with Crippen LogP contribution in [-0.2, 0) is 6.54 Å². The maximum Gasteiger partial charge on any atom is 0.260 e.